The van der Waals surface area contributed by atoms with E-state index in [9.17, 15) is 5.11 Å². The van der Waals surface area contributed by atoms with E-state index in [4.69, 9.17) is 11.6 Å². The smallest absolute Gasteiger partial charge is 0.138 e. The fourth-order valence-corrected chi connectivity index (χ4v) is 2.69. The number of hydrogen-bond acceptors (Lipinski definition) is 4. The van der Waals surface area contributed by atoms with E-state index in [0.29, 0.717) is 23.4 Å². The predicted molar refractivity (Wildman–Crippen MR) is 73.2 cm³/mol. The van der Waals surface area contributed by atoms with Crippen LogP contribution in [-0.2, 0) is 6.42 Å². The first-order chi connectivity index (χ1) is 8.52. The summed E-state index contributed by atoms with van der Waals surface area (Å²) in [7, 11) is 0. The van der Waals surface area contributed by atoms with E-state index in [1.165, 1.54) is 0 Å². The average molecular weight is 270 g/mol. The molecule has 1 aromatic rings. The molecular formula is C13H20ClN3O. The Bertz CT molecular complexity index is 438. The van der Waals surface area contributed by atoms with Gasteiger partial charge in [-0.2, -0.15) is 0 Å². The van der Waals surface area contributed by atoms with Crippen LogP contribution in [0.25, 0.3) is 0 Å². The van der Waals surface area contributed by atoms with Crippen LogP contribution in [0.1, 0.15) is 31.7 Å². The summed E-state index contributed by atoms with van der Waals surface area (Å²) in [5.41, 5.74) is 0.976. The first-order valence-corrected chi connectivity index (χ1v) is 6.86. The fraction of sp³-hybridized carbons (Fsp3) is 0.692. The summed E-state index contributed by atoms with van der Waals surface area (Å²) in [6, 6.07) is 0. The Kier molecular flexibility index (Phi) is 4.07. The molecule has 1 saturated heterocycles. The van der Waals surface area contributed by atoms with E-state index >= 15 is 0 Å². The molecule has 0 spiro atoms. The summed E-state index contributed by atoms with van der Waals surface area (Å²) >= 11 is 6.18. The lowest BCUT2D eigenvalue weighted by molar-refractivity contribution is 0.102. The van der Waals surface area contributed by atoms with Crippen molar-refractivity contribution in [2.24, 2.45) is 5.92 Å². The number of β-amino-alcohol motifs (C(OH)–C–C–N with tert-alkyl or cyclic N) is 1. The molecule has 0 amide bonds. The summed E-state index contributed by atoms with van der Waals surface area (Å²) < 4.78 is 0. The van der Waals surface area contributed by atoms with Gasteiger partial charge < -0.3 is 10.0 Å². The maximum Gasteiger partial charge on any atom is 0.138 e. The molecular weight excluding hydrogens is 250 g/mol. The zero-order valence-corrected chi connectivity index (χ0v) is 11.9. The van der Waals surface area contributed by atoms with Crippen molar-refractivity contribution in [2.75, 3.05) is 18.0 Å². The van der Waals surface area contributed by atoms with Crippen molar-refractivity contribution < 1.29 is 5.11 Å². The normalized spacial score (nSPS) is 24.4. The van der Waals surface area contributed by atoms with Gasteiger partial charge in [0.15, 0.2) is 0 Å². The molecule has 0 aromatic carbocycles. The van der Waals surface area contributed by atoms with E-state index in [1.54, 1.807) is 0 Å². The summed E-state index contributed by atoms with van der Waals surface area (Å²) in [5, 5.41) is 10.5. The lowest BCUT2D eigenvalue weighted by atomic mass is 9.96. The number of rotatable bonds is 2. The Balaban J connectivity index is 2.33. The second-order valence-corrected chi connectivity index (χ2v) is 5.35. The van der Waals surface area contributed by atoms with Gasteiger partial charge in [-0.05, 0) is 25.7 Å². The Morgan fingerprint density at radius 2 is 2.17 bits per heavy atom. The minimum absolute atomic E-state index is 0.294. The van der Waals surface area contributed by atoms with Crippen LogP contribution in [0.15, 0.2) is 0 Å². The first kappa shape index (κ1) is 13.6. The molecule has 4 nitrogen and oxygen atoms in total. The summed E-state index contributed by atoms with van der Waals surface area (Å²) in [5.74, 6) is 1.92. The minimum Gasteiger partial charge on any atom is -0.391 e. The highest BCUT2D eigenvalue weighted by atomic mass is 35.5. The number of nitrogens with zero attached hydrogens (tertiary/aromatic N) is 3. The van der Waals surface area contributed by atoms with Gasteiger partial charge in [0.2, 0.25) is 0 Å². The van der Waals surface area contributed by atoms with Crippen LogP contribution in [0.2, 0.25) is 5.15 Å². The van der Waals surface area contributed by atoms with E-state index in [-0.39, 0.29) is 6.10 Å². The van der Waals surface area contributed by atoms with Gasteiger partial charge in [0.1, 0.15) is 16.8 Å². The maximum absolute atomic E-state index is 9.99. The summed E-state index contributed by atoms with van der Waals surface area (Å²) in [6.45, 7) is 7.52. The van der Waals surface area contributed by atoms with Crippen molar-refractivity contribution >= 4 is 17.4 Å². The van der Waals surface area contributed by atoms with Crippen molar-refractivity contribution in [3.8, 4) is 0 Å². The topological polar surface area (TPSA) is 49.2 Å². The molecule has 0 aliphatic carbocycles. The fourth-order valence-electron chi connectivity index (χ4n) is 2.35. The van der Waals surface area contributed by atoms with Gasteiger partial charge in [-0.3, -0.25) is 0 Å². The number of hydrogen-bond donors (Lipinski definition) is 1. The van der Waals surface area contributed by atoms with Crippen LogP contribution in [0.5, 0.6) is 0 Å². The molecule has 100 valence electrons. The van der Waals surface area contributed by atoms with Crippen LogP contribution in [0.4, 0.5) is 5.82 Å². The lowest BCUT2D eigenvalue weighted by Gasteiger charge is -2.36. The van der Waals surface area contributed by atoms with Gasteiger partial charge in [-0.1, -0.05) is 25.4 Å². The SMILES string of the molecule is CCc1c(Cl)nc(C)nc1N1CCC(C)C(O)C1. The maximum atomic E-state index is 9.99. The van der Waals surface area contributed by atoms with E-state index < -0.39 is 0 Å². The van der Waals surface area contributed by atoms with Gasteiger partial charge >= 0.3 is 0 Å². The largest absolute Gasteiger partial charge is 0.391 e. The van der Waals surface area contributed by atoms with Crippen molar-refractivity contribution in [1.29, 1.82) is 0 Å². The number of piperidine rings is 1. The first-order valence-electron chi connectivity index (χ1n) is 6.49. The standard InChI is InChI=1S/C13H20ClN3O/c1-4-10-12(14)15-9(3)16-13(10)17-6-5-8(2)11(18)7-17/h8,11,18H,4-7H2,1-3H3. The monoisotopic (exact) mass is 269 g/mol. The van der Waals surface area contributed by atoms with Gasteiger partial charge in [-0.15, -0.1) is 0 Å². The third-order valence-electron chi connectivity index (χ3n) is 3.62. The third kappa shape index (κ3) is 2.59. The summed E-state index contributed by atoms with van der Waals surface area (Å²) in [4.78, 5) is 10.8. The average Bonchev–Trinajstić information content (AvgIpc) is 2.32. The predicted octanol–water partition coefficient (Wildman–Crippen LogP) is 2.21. The molecule has 0 radical (unpaired) electrons. The molecule has 2 unspecified atom stereocenters. The zero-order valence-electron chi connectivity index (χ0n) is 11.1. The molecule has 1 fully saturated rings. The van der Waals surface area contributed by atoms with Crippen LogP contribution >= 0.6 is 11.6 Å². The summed E-state index contributed by atoms with van der Waals surface area (Å²) in [6.07, 6.45) is 1.49. The Morgan fingerprint density at radius 1 is 1.44 bits per heavy atom. The minimum atomic E-state index is -0.294. The van der Waals surface area contributed by atoms with Crippen LogP contribution in [0, 0.1) is 12.8 Å². The van der Waals surface area contributed by atoms with Gasteiger partial charge in [-0.25, -0.2) is 9.97 Å². The molecule has 0 saturated carbocycles. The zero-order chi connectivity index (χ0) is 13.3. The number of aromatic nitrogens is 2. The van der Waals surface area contributed by atoms with Crippen molar-refractivity contribution in [2.45, 2.75) is 39.7 Å². The van der Waals surface area contributed by atoms with Gasteiger partial charge in [0, 0.05) is 18.7 Å². The van der Waals surface area contributed by atoms with Gasteiger partial charge in [0.25, 0.3) is 0 Å². The Morgan fingerprint density at radius 3 is 2.78 bits per heavy atom. The highest BCUT2D eigenvalue weighted by Crippen LogP contribution is 2.28. The third-order valence-corrected chi connectivity index (χ3v) is 3.93. The Labute approximate surface area is 113 Å². The lowest BCUT2D eigenvalue weighted by Crippen LogP contribution is -2.43. The molecule has 0 bridgehead atoms. The molecule has 2 atom stereocenters. The molecule has 1 N–H and O–H groups in total. The molecule has 1 aromatic heterocycles. The van der Waals surface area contributed by atoms with E-state index in [0.717, 1.165) is 30.8 Å². The molecule has 2 heterocycles. The van der Waals surface area contributed by atoms with Crippen LogP contribution < -0.4 is 4.90 Å². The number of aliphatic hydroxyl groups excluding tert-OH is 1. The number of aliphatic hydroxyl groups is 1. The Hall–Kier alpha value is -0.870. The quantitative estimate of drug-likeness (QED) is 0.837. The van der Waals surface area contributed by atoms with E-state index in [1.807, 2.05) is 13.8 Å². The molecule has 1 aliphatic heterocycles. The molecule has 5 heteroatoms. The molecule has 2 rings (SSSR count). The van der Waals surface area contributed by atoms with Crippen molar-refractivity contribution in [1.82, 2.24) is 9.97 Å². The van der Waals surface area contributed by atoms with Gasteiger partial charge in [0.05, 0.1) is 6.10 Å². The van der Waals surface area contributed by atoms with E-state index in [2.05, 4.69) is 21.8 Å². The highest BCUT2D eigenvalue weighted by molar-refractivity contribution is 6.30. The second kappa shape index (κ2) is 5.41. The molecule has 18 heavy (non-hydrogen) atoms. The number of aryl methyl sites for hydroxylation is 1. The van der Waals surface area contributed by atoms with Crippen LogP contribution in [-0.4, -0.2) is 34.3 Å². The van der Waals surface area contributed by atoms with Crippen molar-refractivity contribution in [3.05, 3.63) is 16.5 Å². The second-order valence-electron chi connectivity index (χ2n) is 5.00. The van der Waals surface area contributed by atoms with Crippen LogP contribution in [0.3, 0.4) is 0 Å². The van der Waals surface area contributed by atoms with Crippen molar-refractivity contribution in [3.63, 3.8) is 0 Å². The number of anilines is 1. The molecule has 1 aliphatic rings. The number of halogens is 1. The highest BCUT2D eigenvalue weighted by Gasteiger charge is 2.27.